The lowest BCUT2D eigenvalue weighted by Gasteiger charge is -2.37. The Balaban J connectivity index is 2.08. The molecule has 0 aliphatic carbocycles. The molecule has 0 radical (unpaired) electrons. The van der Waals surface area contributed by atoms with Crippen LogP contribution in [0, 0.1) is 0 Å². The minimum atomic E-state index is -2.41. The quantitative estimate of drug-likeness (QED) is 0.905. The second-order valence-electron chi connectivity index (χ2n) is 5.06. The van der Waals surface area contributed by atoms with Gasteiger partial charge in [0, 0.05) is 44.3 Å². The number of piperazine rings is 1. The molecule has 1 heterocycles. The summed E-state index contributed by atoms with van der Waals surface area (Å²) >= 11 is 0. The monoisotopic (exact) mass is 269 g/mol. The first-order chi connectivity index (χ1) is 9.11. The molecule has 0 bridgehead atoms. The first-order valence-corrected chi connectivity index (χ1v) is 6.62. The van der Waals surface area contributed by atoms with Gasteiger partial charge in [0.2, 0.25) is 0 Å². The summed E-state index contributed by atoms with van der Waals surface area (Å²) in [4.78, 5) is 4.61. The highest BCUT2D eigenvalue weighted by Crippen LogP contribution is 2.24. The fourth-order valence-corrected chi connectivity index (χ4v) is 2.49. The molecule has 1 aliphatic heterocycles. The van der Waals surface area contributed by atoms with Gasteiger partial charge in [-0.2, -0.15) is 0 Å². The maximum atomic E-state index is 12.5. The van der Waals surface area contributed by atoms with Crippen molar-refractivity contribution in [2.45, 2.75) is 12.5 Å². The van der Waals surface area contributed by atoms with Gasteiger partial charge in [0.05, 0.1) is 0 Å². The average molecular weight is 269 g/mol. The lowest BCUT2D eigenvalue weighted by atomic mass is 10.0. The molecule has 1 aromatic carbocycles. The molecule has 2 N–H and O–H groups in total. The number of halogens is 2. The van der Waals surface area contributed by atoms with Crippen molar-refractivity contribution in [3.05, 3.63) is 35.4 Å². The van der Waals surface area contributed by atoms with Crippen LogP contribution in [0.3, 0.4) is 0 Å². The summed E-state index contributed by atoms with van der Waals surface area (Å²) in [5.74, 6) is 0. The minimum Gasteiger partial charge on any atom is -0.329 e. The molecule has 1 fully saturated rings. The van der Waals surface area contributed by atoms with Gasteiger partial charge in [-0.25, -0.2) is 8.78 Å². The third-order valence-electron chi connectivity index (χ3n) is 3.78. The zero-order valence-electron chi connectivity index (χ0n) is 11.2. The Morgan fingerprint density at radius 1 is 1.05 bits per heavy atom. The summed E-state index contributed by atoms with van der Waals surface area (Å²) in [6.45, 7) is 4.49. The van der Waals surface area contributed by atoms with Crippen LogP contribution in [0.1, 0.15) is 23.6 Å². The third-order valence-corrected chi connectivity index (χ3v) is 3.78. The minimum absolute atomic E-state index is 0.0675. The average Bonchev–Trinajstić information content (AvgIpc) is 2.42. The third kappa shape index (κ3) is 3.49. The van der Waals surface area contributed by atoms with Crippen LogP contribution in [0.25, 0.3) is 0 Å². The van der Waals surface area contributed by atoms with Gasteiger partial charge in [-0.15, -0.1) is 0 Å². The molecule has 1 aliphatic rings. The topological polar surface area (TPSA) is 32.5 Å². The number of nitrogens with two attached hydrogens (primary N) is 1. The molecule has 5 heteroatoms. The van der Waals surface area contributed by atoms with Crippen LogP contribution in [-0.4, -0.2) is 49.6 Å². The van der Waals surface area contributed by atoms with Crippen molar-refractivity contribution in [1.29, 1.82) is 0 Å². The van der Waals surface area contributed by atoms with Crippen molar-refractivity contribution in [3.63, 3.8) is 0 Å². The summed E-state index contributed by atoms with van der Waals surface area (Å²) in [5, 5.41) is 0. The summed E-state index contributed by atoms with van der Waals surface area (Å²) in [7, 11) is 2.10. The van der Waals surface area contributed by atoms with Crippen molar-refractivity contribution >= 4 is 0 Å². The smallest absolute Gasteiger partial charge is 0.263 e. The van der Waals surface area contributed by atoms with Gasteiger partial charge in [-0.3, -0.25) is 4.90 Å². The zero-order valence-corrected chi connectivity index (χ0v) is 11.2. The van der Waals surface area contributed by atoms with Gasteiger partial charge in [0.15, 0.2) is 0 Å². The number of alkyl halides is 2. The van der Waals surface area contributed by atoms with Crippen LogP contribution in [-0.2, 0) is 0 Å². The van der Waals surface area contributed by atoms with Gasteiger partial charge in [0.25, 0.3) is 6.43 Å². The molecule has 2 rings (SSSR count). The molecule has 0 amide bonds. The highest BCUT2D eigenvalue weighted by atomic mass is 19.3. The zero-order chi connectivity index (χ0) is 13.8. The summed E-state index contributed by atoms with van der Waals surface area (Å²) in [6.07, 6.45) is -2.41. The molecule has 1 aromatic rings. The van der Waals surface area contributed by atoms with Crippen LogP contribution >= 0.6 is 0 Å². The molecule has 1 atom stereocenters. The van der Waals surface area contributed by atoms with Crippen molar-refractivity contribution in [2.75, 3.05) is 39.8 Å². The lowest BCUT2D eigenvalue weighted by Crippen LogP contribution is -2.47. The van der Waals surface area contributed by atoms with Crippen LogP contribution < -0.4 is 5.73 Å². The van der Waals surface area contributed by atoms with Gasteiger partial charge >= 0.3 is 0 Å². The molecule has 1 saturated heterocycles. The Morgan fingerprint density at radius 3 is 2.05 bits per heavy atom. The Labute approximate surface area is 113 Å². The van der Waals surface area contributed by atoms with Crippen LogP contribution in [0.4, 0.5) is 8.78 Å². The van der Waals surface area contributed by atoms with Crippen molar-refractivity contribution in [3.8, 4) is 0 Å². The Kier molecular flexibility index (Phi) is 4.85. The number of benzene rings is 1. The molecule has 0 saturated carbocycles. The van der Waals surface area contributed by atoms with E-state index in [1.54, 1.807) is 12.1 Å². The van der Waals surface area contributed by atoms with E-state index >= 15 is 0 Å². The number of hydrogen-bond acceptors (Lipinski definition) is 3. The summed E-state index contributed by atoms with van der Waals surface area (Å²) in [6, 6.07) is 6.67. The SMILES string of the molecule is CN1CCN(C(CN)c2ccc(C(F)F)cc2)CC1. The van der Waals surface area contributed by atoms with Crippen molar-refractivity contribution in [1.82, 2.24) is 9.80 Å². The summed E-state index contributed by atoms with van der Waals surface area (Å²) < 4.78 is 25.1. The van der Waals surface area contributed by atoms with Crippen molar-refractivity contribution < 1.29 is 8.78 Å². The van der Waals surface area contributed by atoms with E-state index in [2.05, 4.69) is 16.8 Å². The van der Waals surface area contributed by atoms with Gasteiger partial charge in [0.1, 0.15) is 0 Å². The Morgan fingerprint density at radius 2 is 1.58 bits per heavy atom. The van der Waals surface area contributed by atoms with E-state index < -0.39 is 6.43 Å². The predicted molar refractivity (Wildman–Crippen MR) is 72.3 cm³/mol. The van der Waals surface area contributed by atoms with Crippen LogP contribution in [0.2, 0.25) is 0 Å². The molecular formula is C14H21F2N3. The van der Waals surface area contributed by atoms with E-state index in [1.807, 2.05) is 0 Å². The second-order valence-corrected chi connectivity index (χ2v) is 5.06. The molecule has 3 nitrogen and oxygen atoms in total. The van der Waals surface area contributed by atoms with E-state index in [1.165, 1.54) is 12.1 Å². The number of nitrogens with zero attached hydrogens (tertiary/aromatic N) is 2. The van der Waals surface area contributed by atoms with Crippen LogP contribution in [0.15, 0.2) is 24.3 Å². The van der Waals surface area contributed by atoms with Crippen LogP contribution in [0.5, 0.6) is 0 Å². The molecule has 0 spiro atoms. The molecule has 1 unspecified atom stereocenters. The van der Waals surface area contributed by atoms with Crippen molar-refractivity contribution in [2.24, 2.45) is 5.73 Å². The number of hydrogen-bond donors (Lipinski definition) is 1. The predicted octanol–water partition coefficient (Wildman–Crippen LogP) is 1.87. The van der Waals surface area contributed by atoms with E-state index in [0.717, 1.165) is 31.7 Å². The van der Waals surface area contributed by atoms with E-state index in [4.69, 9.17) is 5.73 Å². The maximum absolute atomic E-state index is 12.5. The number of rotatable bonds is 4. The first-order valence-electron chi connectivity index (χ1n) is 6.62. The molecular weight excluding hydrogens is 248 g/mol. The highest BCUT2D eigenvalue weighted by molar-refractivity contribution is 5.26. The maximum Gasteiger partial charge on any atom is 0.263 e. The first kappa shape index (κ1) is 14.4. The highest BCUT2D eigenvalue weighted by Gasteiger charge is 2.22. The molecule has 0 aromatic heterocycles. The lowest BCUT2D eigenvalue weighted by molar-refractivity contribution is 0.114. The van der Waals surface area contributed by atoms with Gasteiger partial charge in [-0.1, -0.05) is 24.3 Å². The van der Waals surface area contributed by atoms with E-state index in [9.17, 15) is 8.78 Å². The van der Waals surface area contributed by atoms with E-state index in [-0.39, 0.29) is 11.6 Å². The second kappa shape index (κ2) is 6.41. The largest absolute Gasteiger partial charge is 0.329 e. The fourth-order valence-electron chi connectivity index (χ4n) is 2.49. The van der Waals surface area contributed by atoms with Gasteiger partial charge < -0.3 is 10.6 Å². The fraction of sp³-hybridized carbons (Fsp3) is 0.571. The Bertz CT molecular complexity index is 386. The standard InChI is InChI=1S/C14H21F2N3/c1-18-6-8-19(9-7-18)13(10-17)11-2-4-12(5-3-11)14(15)16/h2-5,13-14H,6-10,17H2,1H3. The van der Waals surface area contributed by atoms with Gasteiger partial charge in [-0.05, 0) is 12.6 Å². The Hall–Kier alpha value is -1.04. The normalized spacial score (nSPS) is 19.8. The molecule has 106 valence electrons. The molecule has 19 heavy (non-hydrogen) atoms. The number of likely N-dealkylation sites (N-methyl/N-ethyl adjacent to an activating group) is 1. The van der Waals surface area contributed by atoms with E-state index in [0.29, 0.717) is 6.54 Å². The summed E-state index contributed by atoms with van der Waals surface area (Å²) in [5.41, 5.74) is 6.96.